The van der Waals surface area contributed by atoms with E-state index in [2.05, 4.69) is 27.7 Å². The van der Waals surface area contributed by atoms with Gasteiger partial charge in [-0.25, -0.2) is 0 Å². The van der Waals surface area contributed by atoms with Crippen molar-refractivity contribution in [2.45, 2.75) is 46.6 Å². The standard InChI is InChI=1S/C14H22O2/c1-5-14(3,4)11-8-6-9-10(11)13(15)16-12(9)7(8)2/h7-12H,5-6H2,1-4H3. The van der Waals surface area contributed by atoms with E-state index >= 15 is 0 Å². The minimum atomic E-state index is 0.105. The fraction of sp³-hybridized carbons (Fsp3) is 0.929. The lowest BCUT2D eigenvalue weighted by Gasteiger charge is -2.40. The van der Waals surface area contributed by atoms with Crippen LogP contribution in [0.5, 0.6) is 0 Å². The second kappa shape index (κ2) is 3.02. The van der Waals surface area contributed by atoms with Gasteiger partial charge in [0.15, 0.2) is 0 Å². The van der Waals surface area contributed by atoms with E-state index < -0.39 is 0 Å². The van der Waals surface area contributed by atoms with Crippen LogP contribution in [0.2, 0.25) is 0 Å². The minimum Gasteiger partial charge on any atom is -0.462 e. The van der Waals surface area contributed by atoms with Crippen molar-refractivity contribution in [2.75, 3.05) is 0 Å². The molecule has 3 aliphatic rings. The molecule has 2 nitrogen and oxygen atoms in total. The average Bonchev–Trinajstić information content (AvgIpc) is 2.81. The third-order valence-electron chi connectivity index (χ3n) is 5.81. The number of carbonyl (C=O) groups is 1. The largest absolute Gasteiger partial charge is 0.462 e. The van der Waals surface area contributed by atoms with Crippen LogP contribution in [0.15, 0.2) is 0 Å². The zero-order chi connectivity index (χ0) is 11.7. The number of rotatable bonds is 2. The lowest BCUT2D eigenvalue weighted by molar-refractivity contribution is -0.145. The molecule has 16 heavy (non-hydrogen) atoms. The summed E-state index contributed by atoms with van der Waals surface area (Å²) in [6.07, 6.45) is 2.64. The predicted octanol–water partition coefficient (Wildman–Crippen LogP) is 2.87. The highest BCUT2D eigenvalue weighted by atomic mass is 16.6. The molecule has 90 valence electrons. The molecule has 0 amide bonds. The molecule has 0 aromatic heterocycles. The number of esters is 1. The molecule has 0 spiro atoms. The fourth-order valence-electron chi connectivity index (χ4n) is 4.68. The molecule has 0 radical (unpaired) electrons. The zero-order valence-corrected chi connectivity index (χ0v) is 10.7. The SMILES string of the molecule is CCC(C)(C)C1C2CC3C(OC(=O)C31)C2C. The zero-order valence-electron chi connectivity index (χ0n) is 10.7. The number of hydrogen-bond donors (Lipinski definition) is 0. The van der Waals surface area contributed by atoms with E-state index in [4.69, 9.17) is 4.74 Å². The second-order valence-electron chi connectivity index (χ2n) is 6.72. The van der Waals surface area contributed by atoms with Gasteiger partial charge < -0.3 is 4.74 Å². The normalized spacial score (nSPS) is 49.9. The second-order valence-corrected chi connectivity index (χ2v) is 6.72. The smallest absolute Gasteiger partial charge is 0.309 e. The molecule has 2 aliphatic carbocycles. The molecule has 6 atom stereocenters. The number of ether oxygens (including phenoxy) is 1. The quantitative estimate of drug-likeness (QED) is 0.672. The van der Waals surface area contributed by atoms with E-state index in [9.17, 15) is 4.79 Å². The van der Waals surface area contributed by atoms with Crippen molar-refractivity contribution in [3.63, 3.8) is 0 Å². The highest BCUT2D eigenvalue weighted by Gasteiger charge is 2.67. The Labute approximate surface area is 97.7 Å². The van der Waals surface area contributed by atoms with Crippen molar-refractivity contribution in [1.29, 1.82) is 0 Å². The summed E-state index contributed by atoms with van der Waals surface area (Å²) in [6, 6.07) is 0. The van der Waals surface area contributed by atoms with Gasteiger partial charge in [-0.15, -0.1) is 0 Å². The minimum absolute atomic E-state index is 0.105. The van der Waals surface area contributed by atoms with Crippen molar-refractivity contribution in [3.05, 3.63) is 0 Å². The van der Waals surface area contributed by atoms with Crippen LogP contribution in [0.3, 0.4) is 0 Å². The van der Waals surface area contributed by atoms with Gasteiger partial charge in [-0.3, -0.25) is 4.79 Å². The summed E-state index contributed by atoms with van der Waals surface area (Å²) in [6.45, 7) is 9.18. The van der Waals surface area contributed by atoms with Crippen LogP contribution < -0.4 is 0 Å². The van der Waals surface area contributed by atoms with Crippen LogP contribution in [-0.2, 0) is 9.53 Å². The van der Waals surface area contributed by atoms with Crippen LogP contribution in [-0.4, -0.2) is 12.1 Å². The highest BCUT2D eigenvalue weighted by molar-refractivity contribution is 5.77. The molecule has 2 saturated carbocycles. The van der Waals surface area contributed by atoms with Gasteiger partial charge in [-0.05, 0) is 29.6 Å². The van der Waals surface area contributed by atoms with E-state index in [1.807, 2.05) is 0 Å². The molecule has 1 heterocycles. The van der Waals surface area contributed by atoms with Gasteiger partial charge in [-0.2, -0.15) is 0 Å². The van der Waals surface area contributed by atoms with Gasteiger partial charge in [0.1, 0.15) is 6.10 Å². The maximum absolute atomic E-state index is 12.0. The van der Waals surface area contributed by atoms with Crippen molar-refractivity contribution in [2.24, 2.45) is 35.0 Å². The van der Waals surface area contributed by atoms with Crippen LogP contribution in [0.1, 0.15) is 40.5 Å². The summed E-state index contributed by atoms with van der Waals surface area (Å²) in [5, 5.41) is 0. The summed E-state index contributed by atoms with van der Waals surface area (Å²) in [5.41, 5.74) is 0.284. The predicted molar refractivity (Wildman–Crippen MR) is 61.7 cm³/mol. The molecule has 3 rings (SSSR count). The molecular formula is C14H22O2. The van der Waals surface area contributed by atoms with Crippen LogP contribution in [0.4, 0.5) is 0 Å². The molecule has 0 N–H and O–H groups in total. The van der Waals surface area contributed by atoms with Crippen molar-refractivity contribution in [3.8, 4) is 0 Å². The van der Waals surface area contributed by atoms with Gasteiger partial charge in [0.25, 0.3) is 0 Å². The van der Waals surface area contributed by atoms with Gasteiger partial charge in [0, 0.05) is 5.92 Å². The summed E-state index contributed by atoms with van der Waals surface area (Å²) >= 11 is 0. The van der Waals surface area contributed by atoms with E-state index in [1.54, 1.807) is 0 Å². The molecule has 2 heteroatoms. The monoisotopic (exact) mass is 222 g/mol. The molecule has 1 saturated heterocycles. The maximum atomic E-state index is 12.0. The van der Waals surface area contributed by atoms with E-state index in [0.29, 0.717) is 17.8 Å². The van der Waals surface area contributed by atoms with Crippen LogP contribution in [0, 0.1) is 35.0 Å². The number of carbonyl (C=O) groups excluding carboxylic acids is 1. The van der Waals surface area contributed by atoms with Crippen molar-refractivity contribution >= 4 is 5.97 Å². The third kappa shape index (κ3) is 1.06. The summed E-state index contributed by atoms with van der Waals surface area (Å²) in [5.74, 6) is 2.74. The Hall–Kier alpha value is -0.530. The third-order valence-corrected chi connectivity index (χ3v) is 5.81. The lowest BCUT2D eigenvalue weighted by atomic mass is 9.62. The summed E-state index contributed by atoms with van der Waals surface area (Å²) < 4.78 is 5.58. The molecule has 6 unspecified atom stereocenters. The van der Waals surface area contributed by atoms with Gasteiger partial charge in [0.05, 0.1) is 5.92 Å². The van der Waals surface area contributed by atoms with Crippen LogP contribution >= 0.6 is 0 Å². The Bertz CT molecular complexity index is 334. The van der Waals surface area contributed by atoms with Gasteiger partial charge >= 0.3 is 5.97 Å². The fourth-order valence-corrected chi connectivity index (χ4v) is 4.68. The van der Waals surface area contributed by atoms with Crippen LogP contribution in [0.25, 0.3) is 0 Å². The Morgan fingerprint density at radius 3 is 2.69 bits per heavy atom. The van der Waals surface area contributed by atoms with Crippen molar-refractivity contribution in [1.82, 2.24) is 0 Å². The Morgan fingerprint density at radius 1 is 1.38 bits per heavy atom. The van der Waals surface area contributed by atoms with E-state index in [1.165, 1.54) is 6.42 Å². The lowest BCUT2D eigenvalue weighted by Crippen LogP contribution is -2.40. The first-order valence-corrected chi connectivity index (χ1v) is 6.68. The van der Waals surface area contributed by atoms with Crippen molar-refractivity contribution < 1.29 is 9.53 Å². The highest BCUT2D eigenvalue weighted by Crippen LogP contribution is 2.64. The summed E-state index contributed by atoms with van der Waals surface area (Å²) in [7, 11) is 0. The first-order chi connectivity index (χ1) is 7.47. The number of fused-ring (bicyclic) bond motifs is 1. The van der Waals surface area contributed by atoms with E-state index in [-0.39, 0.29) is 23.4 Å². The number of hydrogen-bond acceptors (Lipinski definition) is 2. The maximum Gasteiger partial charge on any atom is 0.309 e. The Morgan fingerprint density at radius 2 is 2.06 bits per heavy atom. The first kappa shape index (κ1) is 10.6. The van der Waals surface area contributed by atoms with Gasteiger partial charge in [-0.1, -0.05) is 34.1 Å². The molecule has 2 bridgehead atoms. The Balaban J connectivity index is 2.00. The van der Waals surface area contributed by atoms with Gasteiger partial charge in [0.2, 0.25) is 0 Å². The van der Waals surface area contributed by atoms with E-state index in [0.717, 1.165) is 12.3 Å². The topological polar surface area (TPSA) is 26.3 Å². The molecular weight excluding hydrogens is 200 g/mol. The first-order valence-electron chi connectivity index (χ1n) is 6.68. The molecule has 0 aromatic carbocycles. The molecule has 3 fully saturated rings. The molecule has 1 aliphatic heterocycles. The Kier molecular flexibility index (Phi) is 2.01. The average molecular weight is 222 g/mol. The molecule has 0 aromatic rings. The summed E-state index contributed by atoms with van der Waals surface area (Å²) in [4.78, 5) is 12.0.